The number of amides is 1. The first kappa shape index (κ1) is 16.5. The highest BCUT2D eigenvalue weighted by atomic mass is 19.1. The second-order valence-corrected chi connectivity index (χ2v) is 6.49. The van der Waals surface area contributed by atoms with Gasteiger partial charge in [0.05, 0.1) is 13.1 Å². The number of likely N-dealkylation sites (tertiary alicyclic amines) is 1. The molecule has 0 unspecified atom stereocenters. The maximum atomic E-state index is 13.3. The SMILES string of the molecule is Cc1ccc2nc(C(=O)N3C[C@@H](O)[C@H](Oc4cccc(F)c4)C3)cn2c1. The first-order valence-corrected chi connectivity index (χ1v) is 8.34. The summed E-state index contributed by atoms with van der Waals surface area (Å²) in [6.45, 7) is 2.32. The zero-order valence-corrected chi connectivity index (χ0v) is 14.2. The predicted octanol–water partition coefficient (Wildman–Crippen LogP) is 2.05. The van der Waals surface area contributed by atoms with Crippen molar-refractivity contribution in [2.75, 3.05) is 13.1 Å². The maximum Gasteiger partial charge on any atom is 0.274 e. The summed E-state index contributed by atoms with van der Waals surface area (Å²) < 4.78 is 20.7. The number of fused-ring (bicyclic) bond motifs is 1. The number of nitrogens with zero attached hydrogens (tertiary/aromatic N) is 3. The third-order valence-electron chi connectivity index (χ3n) is 4.43. The third-order valence-corrected chi connectivity index (χ3v) is 4.43. The summed E-state index contributed by atoms with van der Waals surface area (Å²) in [6.07, 6.45) is 2.12. The highest BCUT2D eigenvalue weighted by molar-refractivity contribution is 5.93. The third kappa shape index (κ3) is 3.13. The molecular weight excluding hydrogens is 337 g/mol. The number of pyridine rings is 1. The number of benzene rings is 1. The fourth-order valence-electron chi connectivity index (χ4n) is 3.12. The molecule has 2 atom stereocenters. The number of carbonyl (C=O) groups excluding carboxylic acids is 1. The van der Waals surface area contributed by atoms with E-state index in [0.717, 1.165) is 5.56 Å². The lowest BCUT2D eigenvalue weighted by Gasteiger charge is -2.16. The molecule has 1 aliphatic rings. The van der Waals surface area contributed by atoms with E-state index in [0.29, 0.717) is 17.1 Å². The Hall–Kier alpha value is -2.93. The molecule has 6 nitrogen and oxygen atoms in total. The molecule has 3 heterocycles. The minimum atomic E-state index is -0.846. The van der Waals surface area contributed by atoms with Crippen LogP contribution in [-0.2, 0) is 0 Å². The van der Waals surface area contributed by atoms with Gasteiger partial charge in [-0.2, -0.15) is 0 Å². The fraction of sp³-hybridized carbons (Fsp3) is 0.263. The van der Waals surface area contributed by atoms with E-state index in [2.05, 4.69) is 4.98 Å². The number of aromatic nitrogens is 2. The van der Waals surface area contributed by atoms with E-state index in [9.17, 15) is 14.3 Å². The van der Waals surface area contributed by atoms with Crippen LogP contribution in [0.25, 0.3) is 5.65 Å². The van der Waals surface area contributed by atoms with Gasteiger partial charge < -0.3 is 19.1 Å². The quantitative estimate of drug-likeness (QED) is 0.781. The Morgan fingerprint density at radius 1 is 1.27 bits per heavy atom. The molecule has 1 aromatic carbocycles. The van der Waals surface area contributed by atoms with Crippen LogP contribution < -0.4 is 4.74 Å². The summed E-state index contributed by atoms with van der Waals surface area (Å²) >= 11 is 0. The number of rotatable bonds is 3. The summed E-state index contributed by atoms with van der Waals surface area (Å²) in [5.74, 6) is -0.356. The zero-order valence-electron chi connectivity index (χ0n) is 14.2. The molecule has 1 amide bonds. The number of hydrogen-bond acceptors (Lipinski definition) is 4. The van der Waals surface area contributed by atoms with Crippen LogP contribution in [0.5, 0.6) is 5.75 Å². The van der Waals surface area contributed by atoms with Gasteiger partial charge in [0.25, 0.3) is 5.91 Å². The second kappa shape index (κ2) is 6.42. The summed E-state index contributed by atoms with van der Waals surface area (Å²) in [7, 11) is 0. The molecule has 2 aromatic heterocycles. The summed E-state index contributed by atoms with van der Waals surface area (Å²) in [5, 5.41) is 10.2. The lowest BCUT2D eigenvalue weighted by atomic mass is 10.2. The van der Waals surface area contributed by atoms with E-state index in [1.807, 2.05) is 25.3 Å². The van der Waals surface area contributed by atoms with Gasteiger partial charge >= 0.3 is 0 Å². The van der Waals surface area contributed by atoms with Crippen molar-refractivity contribution >= 4 is 11.6 Å². The summed E-state index contributed by atoms with van der Waals surface area (Å²) in [6, 6.07) is 9.50. The molecule has 3 aromatic rings. The largest absolute Gasteiger partial charge is 0.486 e. The van der Waals surface area contributed by atoms with Gasteiger partial charge in [0.1, 0.15) is 35.1 Å². The molecule has 26 heavy (non-hydrogen) atoms. The zero-order chi connectivity index (χ0) is 18.3. The van der Waals surface area contributed by atoms with Gasteiger partial charge in [0.2, 0.25) is 0 Å². The topological polar surface area (TPSA) is 67.1 Å². The van der Waals surface area contributed by atoms with Gasteiger partial charge in [-0.1, -0.05) is 12.1 Å². The van der Waals surface area contributed by atoms with Crippen molar-refractivity contribution in [2.24, 2.45) is 0 Å². The average molecular weight is 355 g/mol. The van der Waals surface area contributed by atoms with Crippen molar-refractivity contribution in [1.82, 2.24) is 14.3 Å². The van der Waals surface area contributed by atoms with Crippen molar-refractivity contribution in [2.45, 2.75) is 19.1 Å². The molecule has 1 N–H and O–H groups in total. The number of aryl methyl sites for hydroxylation is 1. The lowest BCUT2D eigenvalue weighted by Crippen LogP contribution is -2.31. The molecule has 1 aliphatic heterocycles. The standard InChI is InChI=1S/C19H18FN3O3/c1-12-5-6-18-21-15(9-22(18)8-12)19(25)23-10-16(24)17(11-23)26-14-4-2-3-13(20)7-14/h2-9,16-17,24H,10-11H2,1H3/t16-,17-/m1/s1. The average Bonchev–Trinajstić information content (AvgIpc) is 3.18. The van der Waals surface area contributed by atoms with E-state index in [1.54, 1.807) is 16.7 Å². The monoisotopic (exact) mass is 355 g/mol. The van der Waals surface area contributed by atoms with Crippen LogP contribution in [0.3, 0.4) is 0 Å². The fourth-order valence-corrected chi connectivity index (χ4v) is 3.12. The van der Waals surface area contributed by atoms with Gasteiger partial charge in [-0.25, -0.2) is 9.37 Å². The minimum Gasteiger partial charge on any atom is -0.486 e. The Kier molecular flexibility index (Phi) is 4.08. The van der Waals surface area contributed by atoms with Crippen molar-refractivity contribution < 1.29 is 19.0 Å². The molecule has 0 saturated carbocycles. The van der Waals surface area contributed by atoms with Crippen LogP contribution in [0.1, 0.15) is 16.1 Å². The van der Waals surface area contributed by atoms with Crippen molar-refractivity contribution in [3.63, 3.8) is 0 Å². The Morgan fingerprint density at radius 3 is 2.92 bits per heavy atom. The number of ether oxygens (including phenoxy) is 1. The maximum absolute atomic E-state index is 13.3. The molecule has 0 spiro atoms. The Morgan fingerprint density at radius 2 is 2.12 bits per heavy atom. The van der Waals surface area contributed by atoms with Crippen LogP contribution in [0.2, 0.25) is 0 Å². The van der Waals surface area contributed by atoms with E-state index in [4.69, 9.17) is 4.74 Å². The van der Waals surface area contributed by atoms with Gasteiger partial charge in [-0.05, 0) is 30.7 Å². The van der Waals surface area contributed by atoms with E-state index >= 15 is 0 Å². The number of halogens is 1. The van der Waals surface area contributed by atoms with Crippen LogP contribution in [0.15, 0.2) is 48.8 Å². The molecule has 0 aliphatic carbocycles. The highest BCUT2D eigenvalue weighted by Gasteiger charge is 2.36. The summed E-state index contributed by atoms with van der Waals surface area (Å²) in [4.78, 5) is 18.6. The number of aliphatic hydroxyl groups excluding tert-OH is 1. The smallest absolute Gasteiger partial charge is 0.274 e. The molecule has 7 heteroatoms. The summed E-state index contributed by atoms with van der Waals surface area (Å²) in [5.41, 5.74) is 2.06. The van der Waals surface area contributed by atoms with Gasteiger partial charge in [0.15, 0.2) is 0 Å². The number of hydrogen-bond donors (Lipinski definition) is 1. The molecule has 0 bridgehead atoms. The first-order valence-electron chi connectivity index (χ1n) is 8.34. The van der Waals surface area contributed by atoms with Gasteiger partial charge in [0, 0.05) is 18.5 Å². The van der Waals surface area contributed by atoms with Gasteiger partial charge in [-0.3, -0.25) is 4.79 Å². The predicted molar refractivity (Wildman–Crippen MR) is 92.7 cm³/mol. The van der Waals surface area contributed by atoms with Crippen LogP contribution in [0, 0.1) is 12.7 Å². The molecular formula is C19H18FN3O3. The minimum absolute atomic E-state index is 0.145. The number of aliphatic hydroxyl groups is 1. The van der Waals surface area contributed by atoms with Crippen LogP contribution >= 0.6 is 0 Å². The molecule has 1 fully saturated rings. The van der Waals surface area contributed by atoms with Gasteiger partial charge in [-0.15, -0.1) is 0 Å². The molecule has 134 valence electrons. The number of imidazole rings is 1. The Labute approximate surface area is 149 Å². The number of β-amino-alcohol motifs (C(OH)–C–C–N with tert-alkyl or cyclic N) is 1. The molecule has 1 saturated heterocycles. The molecule has 4 rings (SSSR count). The van der Waals surface area contributed by atoms with Crippen LogP contribution in [-0.4, -0.2) is 50.6 Å². The number of carbonyl (C=O) groups is 1. The molecule has 0 radical (unpaired) electrons. The van der Waals surface area contributed by atoms with E-state index in [1.165, 1.54) is 23.1 Å². The highest BCUT2D eigenvalue weighted by Crippen LogP contribution is 2.21. The van der Waals surface area contributed by atoms with E-state index in [-0.39, 0.29) is 19.0 Å². The normalized spacial score (nSPS) is 19.9. The van der Waals surface area contributed by atoms with Crippen molar-refractivity contribution in [1.29, 1.82) is 0 Å². The Bertz CT molecular complexity index is 972. The van der Waals surface area contributed by atoms with E-state index < -0.39 is 18.0 Å². The lowest BCUT2D eigenvalue weighted by molar-refractivity contribution is 0.0727. The first-order chi connectivity index (χ1) is 12.5. The van der Waals surface area contributed by atoms with Crippen molar-refractivity contribution in [3.8, 4) is 5.75 Å². The van der Waals surface area contributed by atoms with Crippen molar-refractivity contribution in [3.05, 3.63) is 65.9 Å². The second-order valence-electron chi connectivity index (χ2n) is 6.49. The van der Waals surface area contributed by atoms with Crippen LogP contribution in [0.4, 0.5) is 4.39 Å². The Balaban J connectivity index is 1.50.